The Labute approximate surface area is 187 Å². The van der Waals surface area contributed by atoms with Crippen LogP contribution >= 0.6 is 11.6 Å². The number of halogens is 1. The summed E-state index contributed by atoms with van der Waals surface area (Å²) < 4.78 is 7.44. The number of hydrogen-bond donors (Lipinski definition) is 1. The molecule has 9 nitrogen and oxygen atoms in total. The number of carbonyl (C=O) groups excluding carboxylic acids is 2. The van der Waals surface area contributed by atoms with Crippen molar-refractivity contribution in [3.05, 3.63) is 81.5 Å². The lowest BCUT2D eigenvalue weighted by atomic mass is 10.2. The SMILES string of the molecule is COC(=O)c1ccccc1NC(=O)Cn1cnc2c(cnn2-c2cc(Cl)ccc2C)c1=O. The van der Waals surface area contributed by atoms with Crippen molar-refractivity contribution in [2.24, 2.45) is 0 Å². The van der Waals surface area contributed by atoms with Crippen LogP contribution in [0.2, 0.25) is 5.02 Å². The summed E-state index contributed by atoms with van der Waals surface area (Å²) in [6.07, 6.45) is 2.69. The fraction of sp³-hybridized carbons (Fsp3) is 0.136. The Morgan fingerprint density at radius 2 is 1.97 bits per heavy atom. The van der Waals surface area contributed by atoms with Crippen molar-refractivity contribution in [2.45, 2.75) is 13.5 Å². The molecule has 4 aromatic rings. The predicted octanol–water partition coefficient (Wildman–Crippen LogP) is 2.97. The van der Waals surface area contributed by atoms with Crippen molar-refractivity contribution in [2.75, 3.05) is 12.4 Å². The summed E-state index contributed by atoms with van der Waals surface area (Å²) in [7, 11) is 1.26. The van der Waals surface area contributed by atoms with Crippen LogP contribution in [0.25, 0.3) is 16.7 Å². The van der Waals surface area contributed by atoms with Gasteiger partial charge in [0.2, 0.25) is 5.91 Å². The molecular formula is C22H18ClN5O4. The number of aromatic nitrogens is 4. The van der Waals surface area contributed by atoms with Crippen LogP contribution in [0.1, 0.15) is 15.9 Å². The number of nitrogens with one attached hydrogen (secondary N) is 1. The van der Waals surface area contributed by atoms with Gasteiger partial charge < -0.3 is 10.1 Å². The number of nitrogens with zero attached hydrogens (tertiary/aromatic N) is 4. The lowest BCUT2D eigenvalue weighted by Gasteiger charge is -2.11. The van der Waals surface area contributed by atoms with Gasteiger partial charge in [0.1, 0.15) is 18.3 Å². The van der Waals surface area contributed by atoms with E-state index < -0.39 is 17.4 Å². The maximum atomic E-state index is 12.9. The van der Waals surface area contributed by atoms with Crippen molar-refractivity contribution in [1.82, 2.24) is 19.3 Å². The number of aryl methyl sites for hydroxylation is 1. The Bertz CT molecular complexity index is 1410. The molecule has 10 heteroatoms. The molecule has 2 heterocycles. The minimum atomic E-state index is -0.579. The van der Waals surface area contributed by atoms with Gasteiger partial charge in [0.25, 0.3) is 5.56 Å². The summed E-state index contributed by atoms with van der Waals surface area (Å²) in [4.78, 5) is 41.7. The monoisotopic (exact) mass is 451 g/mol. The third-order valence-electron chi connectivity index (χ3n) is 4.87. The maximum Gasteiger partial charge on any atom is 0.339 e. The third kappa shape index (κ3) is 3.97. The fourth-order valence-electron chi connectivity index (χ4n) is 3.27. The predicted molar refractivity (Wildman–Crippen MR) is 119 cm³/mol. The molecule has 0 fully saturated rings. The molecule has 162 valence electrons. The highest BCUT2D eigenvalue weighted by atomic mass is 35.5. The van der Waals surface area contributed by atoms with Crippen LogP contribution in [0.4, 0.5) is 5.69 Å². The highest BCUT2D eigenvalue weighted by molar-refractivity contribution is 6.30. The van der Waals surface area contributed by atoms with Gasteiger partial charge in [-0.05, 0) is 36.8 Å². The van der Waals surface area contributed by atoms with Crippen molar-refractivity contribution < 1.29 is 14.3 Å². The number of ether oxygens (including phenoxy) is 1. The van der Waals surface area contributed by atoms with E-state index in [9.17, 15) is 14.4 Å². The Balaban J connectivity index is 1.62. The zero-order chi connectivity index (χ0) is 22.8. The number of rotatable bonds is 5. The Morgan fingerprint density at radius 1 is 1.19 bits per heavy atom. The van der Waals surface area contributed by atoms with Gasteiger partial charge in [-0.2, -0.15) is 5.10 Å². The number of esters is 1. The van der Waals surface area contributed by atoms with Gasteiger partial charge in [-0.25, -0.2) is 14.5 Å². The lowest BCUT2D eigenvalue weighted by molar-refractivity contribution is -0.116. The van der Waals surface area contributed by atoms with Crippen molar-refractivity contribution >= 4 is 40.2 Å². The van der Waals surface area contributed by atoms with Crippen LogP contribution < -0.4 is 10.9 Å². The normalized spacial score (nSPS) is 10.8. The van der Waals surface area contributed by atoms with E-state index in [0.717, 1.165) is 5.56 Å². The van der Waals surface area contributed by atoms with E-state index in [1.807, 2.05) is 13.0 Å². The molecule has 0 spiro atoms. The van der Waals surface area contributed by atoms with Gasteiger partial charge in [-0.3, -0.25) is 14.2 Å². The van der Waals surface area contributed by atoms with Gasteiger partial charge in [-0.15, -0.1) is 0 Å². The van der Waals surface area contributed by atoms with E-state index in [2.05, 4.69) is 15.4 Å². The summed E-state index contributed by atoms with van der Waals surface area (Å²) in [5, 5.41) is 7.71. The summed E-state index contributed by atoms with van der Waals surface area (Å²) in [6.45, 7) is 1.61. The molecule has 0 unspecified atom stereocenters. The van der Waals surface area contributed by atoms with Gasteiger partial charge in [0, 0.05) is 5.02 Å². The topological polar surface area (TPSA) is 108 Å². The first kappa shape index (κ1) is 21.3. The van der Waals surface area contributed by atoms with Crippen LogP contribution in [-0.4, -0.2) is 38.3 Å². The lowest BCUT2D eigenvalue weighted by Crippen LogP contribution is -2.28. The number of fused-ring (bicyclic) bond motifs is 1. The fourth-order valence-corrected chi connectivity index (χ4v) is 3.44. The van der Waals surface area contributed by atoms with Gasteiger partial charge in [0.15, 0.2) is 5.65 Å². The largest absolute Gasteiger partial charge is 0.465 e. The zero-order valence-corrected chi connectivity index (χ0v) is 18.0. The van der Waals surface area contributed by atoms with Crippen molar-refractivity contribution in [3.8, 4) is 5.69 Å². The molecule has 2 aromatic carbocycles. The minimum absolute atomic E-state index is 0.211. The van der Waals surface area contributed by atoms with Gasteiger partial charge in [-0.1, -0.05) is 29.8 Å². The number of hydrogen-bond acceptors (Lipinski definition) is 6. The van der Waals surface area contributed by atoms with Crippen molar-refractivity contribution in [1.29, 1.82) is 0 Å². The molecule has 0 aliphatic heterocycles. The number of carbonyl (C=O) groups is 2. The standard InChI is InChI=1S/C22H18ClN5O4/c1-13-7-8-14(23)9-18(13)28-20-16(10-25-28)21(30)27(12-24-20)11-19(29)26-17-6-4-3-5-15(17)22(31)32-2/h3-10,12H,11H2,1-2H3,(H,26,29). The maximum absolute atomic E-state index is 12.9. The van der Waals surface area contributed by atoms with Gasteiger partial charge >= 0.3 is 5.97 Å². The van der Waals surface area contributed by atoms with Crippen LogP contribution in [0.15, 0.2) is 59.8 Å². The molecule has 0 aliphatic rings. The van der Waals surface area contributed by atoms with Crippen LogP contribution in [0, 0.1) is 6.92 Å². The number of methoxy groups -OCH3 is 1. The summed E-state index contributed by atoms with van der Waals surface area (Å²) in [5.74, 6) is -1.08. The first-order chi connectivity index (χ1) is 15.4. The highest BCUT2D eigenvalue weighted by Gasteiger charge is 2.16. The first-order valence-corrected chi connectivity index (χ1v) is 9.93. The van der Waals surface area contributed by atoms with Crippen LogP contribution in [0.3, 0.4) is 0 Å². The van der Waals surface area contributed by atoms with E-state index in [1.165, 1.54) is 34.9 Å². The molecule has 0 saturated heterocycles. The molecule has 32 heavy (non-hydrogen) atoms. The molecule has 0 aliphatic carbocycles. The van der Waals surface area contributed by atoms with Crippen LogP contribution in [0.5, 0.6) is 0 Å². The zero-order valence-electron chi connectivity index (χ0n) is 17.2. The third-order valence-corrected chi connectivity index (χ3v) is 5.11. The molecule has 2 aromatic heterocycles. The quantitative estimate of drug-likeness (QED) is 0.467. The number of anilines is 1. The Morgan fingerprint density at radius 3 is 2.75 bits per heavy atom. The summed E-state index contributed by atoms with van der Waals surface area (Å²) in [6, 6.07) is 11.8. The van der Waals surface area contributed by atoms with E-state index in [-0.39, 0.29) is 23.2 Å². The second-order valence-corrected chi connectivity index (χ2v) is 7.42. The summed E-state index contributed by atoms with van der Waals surface area (Å²) >= 11 is 6.10. The molecule has 4 rings (SSSR count). The average Bonchev–Trinajstić information content (AvgIpc) is 3.22. The van der Waals surface area contributed by atoms with E-state index in [4.69, 9.17) is 16.3 Å². The minimum Gasteiger partial charge on any atom is -0.465 e. The van der Waals surface area contributed by atoms with Crippen molar-refractivity contribution in [3.63, 3.8) is 0 Å². The number of benzene rings is 2. The molecule has 0 radical (unpaired) electrons. The highest BCUT2D eigenvalue weighted by Crippen LogP contribution is 2.21. The smallest absolute Gasteiger partial charge is 0.339 e. The van der Waals surface area contributed by atoms with Crippen LogP contribution in [-0.2, 0) is 16.1 Å². The number of para-hydroxylation sites is 1. The second kappa shape index (κ2) is 8.64. The Hall–Kier alpha value is -3.98. The second-order valence-electron chi connectivity index (χ2n) is 6.99. The average molecular weight is 452 g/mol. The molecule has 0 saturated carbocycles. The van der Waals surface area contributed by atoms with E-state index in [0.29, 0.717) is 16.4 Å². The van der Waals surface area contributed by atoms with Gasteiger partial charge in [0.05, 0.1) is 30.2 Å². The molecule has 0 atom stereocenters. The number of amides is 1. The van der Waals surface area contributed by atoms with E-state index >= 15 is 0 Å². The molecule has 1 amide bonds. The summed E-state index contributed by atoms with van der Waals surface area (Å²) in [5.41, 5.74) is 2.05. The molecule has 0 bridgehead atoms. The Kier molecular flexibility index (Phi) is 5.74. The molecular weight excluding hydrogens is 434 g/mol. The van der Waals surface area contributed by atoms with E-state index in [1.54, 1.807) is 30.3 Å². The molecule has 1 N–H and O–H groups in total. The first-order valence-electron chi connectivity index (χ1n) is 9.56.